The van der Waals surface area contributed by atoms with Gasteiger partial charge in [-0.05, 0) is 50.4 Å². The third-order valence-electron chi connectivity index (χ3n) is 5.14. The fraction of sp³-hybridized carbons (Fsp3) is 0.571. The SMILES string of the molecule is COC(=O)[C@@H](CC(C)C)NC(=O)CN1CCC(c2nc3ccccc3s2)CC1. The summed E-state index contributed by atoms with van der Waals surface area (Å²) in [5.41, 5.74) is 1.07. The van der Waals surface area contributed by atoms with E-state index in [2.05, 4.69) is 22.3 Å². The van der Waals surface area contributed by atoms with Crippen LogP contribution in [0.15, 0.2) is 24.3 Å². The summed E-state index contributed by atoms with van der Waals surface area (Å²) in [5, 5.41) is 4.04. The summed E-state index contributed by atoms with van der Waals surface area (Å²) < 4.78 is 6.05. The number of ether oxygens (including phenoxy) is 1. The molecule has 3 rings (SSSR count). The normalized spacial score (nSPS) is 17.0. The van der Waals surface area contributed by atoms with E-state index in [4.69, 9.17) is 9.72 Å². The smallest absolute Gasteiger partial charge is 0.328 e. The van der Waals surface area contributed by atoms with Crippen LogP contribution in [0.3, 0.4) is 0 Å². The number of hydrogen-bond donors (Lipinski definition) is 1. The molecule has 1 aliphatic heterocycles. The molecule has 2 heterocycles. The summed E-state index contributed by atoms with van der Waals surface area (Å²) in [7, 11) is 1.36. The number of benzene rings is 1. The Bertz CT molecular complexity index is 779. The molecular weight excluding hydrogens is 374 g/mol. The first-order chi connectivity index (χ1) is 13.5. The zero-order valence-corrected chi connectivity index (χ0v) is 17.6. The van der Waals surface area contributed by atoms with Gasteiger partial charge in [0.15, 0.2) is 0 Å². The Morgan fingerprint density at radius 2 is 2.00 bits per heavy atom. The first-order valence-electron chi connectivity index (χ1n) is 9.91. The van der Waals surface area contributed by atoms with Gasteiger partial charge in [-0.15, -0.1) is 11.3 Å². The van der Waals surface area contributed by atoms with Crippen molar-refractivity contribution in [1.82, 2.24) is 15.2 Å². The Balaban J connectivity index is 1.50. The quantitative estimate of drug-likeness (QED) is 0.719. The average molecular weight is 404 g/mol. The molecule has 6 nitrogen and oxygen atoms in total. The monoisotopic (exact) mass is 403 g/mol. The van der Waals surface area contributed by atoms with Gasteiger partial charge in [0.25, 0.3) is 0 Å². The molecule has 0 bridgehead atoms. The highest BCUT2D eigenvalue weighted by atomic mass is 32.1. The Morgan fingerprint density at radius 3 is 2.64 bits per heavy atom. The van der Waals surface area contributed by atoms with Crippen LogP contribution in [0, 0.1) is 5.92 Å². The number of thiazole rings is 1. The maximum atomic E-state index is 12.4. The molecule has 1 amide bonds. The van der Waals surface area contributed by atoms with E-state index in [1.807, 2.05) is 26.0 Å². The predicted octanol–water partition coefficient (Wildman–Crippen LogP) is 3.18. The zero-order chi connectivity index (χ0) is 20.1. The topological polar surface area (TPSA) is 71.5 Å². The van der Waals surface area contributed by atoms with Crippen molar-refractivity contribution >= 4 is 33.4 Å². The number of amides is 1. The van der Waals surface area contributed by atoms with Gasteiger partial charge in [0.1, 0.15) is 6.04 Å². The van der Waals surface area contributed by atoms with Crippen molar-refractivity contribution in [2.75, 3.05) is 26.7 Å². The highest BCUT2D eigenvalue weighted by Crippen LogP contribution is 2.33. The van der Waals surface area contributed by atoms with E-state index >= 15 is 0 Å². The van der Waals surface area contributed by atoms with Crippen LogP contribution in [-0.4, -0.2) is 54.5 Å². The number of piperidine rings is 1. The minimum Gasteiger partial charge on any atom is -0.467 e. The van der Waals surface area contributed by atoms with Crippen molar-refractivity contribution in [3.63, 3.8) is 0 Å². The van der Waals surface area contributed by atoms with Gasteiger partial charge in [0.05, 0.1) is 28.9 Å². The van der Waals surface area contributed by atoms with Gasteiger partial charge in [-0.1, -0.05) is 26.0 Å². The second kappa shape index (κ2) is 9.47. The number of nitrogens with one attached hydrogen (secondary N) is 1. The van der Waals surface area contributed by atoms with Crippen molar-refractivity contribution in [2.45, 2.75) is 45.1 Å². The highest BCUT2D eigenvalue weighted by Gasteiger charge is 2.27. The summed E-state index contributed by atoms with van der Waals surface area (Å²) in [5.74, 6) is 0.264. The van der Waals surface area contributed by atoms with Crippen LogP contribution >= 0.6 is 11.3 Å². The molecule has 0 spiro atoms. The second-order valence-electron chi connectivity index (χ2n) is 7.84. The number of hydrogen-bond acceptors (Lipinski definition) is 6. The van der Waals surface area contributed by atoms with Gasteiger partial charge in [-0.2, -0.15) is 0 Å². The number of carbonyl (C=O) groups is 2. The molecule has 1 aliphatic rings. The molecule has 0 saturated carbocycles. The molecule has 1 fully saturated rings. The lowest BCUT2D eigenvalue weighted by Gasteiger charge is -2.31. The van der Waals surface area contributed by atoms with Gasteiger partial charge in [-0.3, -0.25) is 9.69 Å². The van der Waals surface area contributed by atoms with Crippen LogP contribution in [-0.2, 0) is 14.3 Å². The minimum absolute atomic E-state index is 0.116. The molecule has 0 unspecified atom stereocenters. The Hall–Kier alpha value is -1.99. The molecule has 2 aromatic rings. The number of fused-ring (bicyclic) bond motifs is 1. The van der Waals surface area contributed by atoms with E-state index in [0.717, 1.165) is 31.4 Å². The summed E-state index contributed by atoms with van der Waals surface area (Å²) in [4.78, 5) is 31.3. The number of methoxy groups -OCH3 is 1. The number of para-hydroxylation sites is 1. The number of likely N-dealkylation sites (tertiary alicyclic amines) is 1. The second-order valence-corrected chi connectivity index (χ2v) is 8.91. The van der Waals surface area contributed by atoms with E-state index in [9.17, 15) is 9.59 Å². The average Bonchev–Trinajstić information content (AvgIpc) is 3.11. The first kappa shape index (κ1) is 20.7. The molecule has 7 heteroatoms. The van der Waals surface area contributed by atoms with Crippen molar-refractivity contribution in [1.29, 1.82) is 0 Å². The Kier molecular flexibility index (Phi) is 7.02. The standard InChI is InChI=1S/C21H29N3O3S/c1-14(2)12-17(21(26)27-3)22-19(25)13-24-10-8-15(9-11-24)20-23-16-6-4-5-7-18(16)28-20/h4-7,14-15,17H,8-13H2,1-3H3,(H,22,25)/t17-/m1/s1. The van der Waals surface area contributed by atoms with E-state index < -0.39 is 6.04 Å². The molecule has 28 heavy (non-hydrogen) atoms. The van der Waals surface area contributed by atoms with Crippen LogP contribution in [0.2, 0.25) is 0 Å². The molecule has 0 aliphatic carbocycles. The fourth-order valence-corrected chi connectivity index (χ4v) is 4.81. The van der Waals surface area contributed by atoms with Crippen molar-refractivity contribution in [3.8, 4) is 0 Å². The molecule has 1 aromatic carbocycles. The lowest BCUT2D eigenvalue weighted by Crippen LogP contribution is -2.47. The number of nitrogens with zero attached hydrogens (tertiary/aromatic N) is 2. The third-order valence-corrected chi connectivity index (χ3v) is 6.34. The first-order valence-corrected chi connectivity index (χ1v) is 10.7. The van der Waals surface area contributed by atoms with E-state index in [-0.39, 0.29) is 11.9 Å². The Morgan fingerprint density at radius 1 is 1.29 bits per heavy atom. The minimum atomic E-state index is -0.571. The number of carbonyl (C=O) groups excluding carboxylic acids is 2. The van der Waals surface area contributed by atoms with E-state index in [0.29, 0.717) is 24.8 Å². The van der Waals surface area contributed by atoms with Crippen LogP contribution in [0.25, 0.3) is 10.2 Å². The van der Waals surface area contributed by atoms with Crippen molar-refractivity contribution < 1.29 is 14.3 Å². The van der Waals surface area contributed by atoms with Crippen LogP contribution < -0.4 is 5.32 Å². The maximum Gasteiger partial charge on any atom is 0.328 e. The molecule has 152 valence electrons. The predicted molar refractivity (Wildman–Crippen MR) is 111 cm³/mol. The Labute approximate surface area is 170 Å². The van der Waals surface area contributed by atoms with E-state index in [1.54, 1.807) is 11.3 Å². The number of rotatable bonds is 7. The summed E-state index contributed by atoms with van der Waals surface area (Å²) in [6.07, 6.45) is 2.58. The van der Waals surface area contributed by atoms with E-state index in [1.165, 1.54) is 16.8 Å². The highest BCUT2D eigenvalue weighted by molar-refractivity contribution is 7.18. The van der Waals surface area contributed by atoms with Gasteiger partial charge in [-0.25, -0.2) is 9.78 Å². The molecule has 1 N–H and O–H groups in total. The lowest BCUT2D eigenvalue weighted by molar-refractivity contribution is -0.145. The zero-order valence-electron chi connectivity index (χ0n) is 16.8. The lowest BCUT2D eigenvalue weighted by atomic mass is 9.97. The van der Waals surface area contributed by atoms with Gasteiger partial charge in [0.2, 0.25) is 5.91 Å². The van der Waals surface area contributed by atoms with Crippen LogP contribution in [0.4, 0.5) is 0 Å². The maximum absolute atomic E-state index is 12.4. The molecule has 0 radical (unpaired) electrons. The molecule has 1 saturated heterocycles. The third kappa shape index (κ3) is 5.29. The summed E-state index contributed by atoms with van der Waals surface area (Å²) >= 11 is 1.78. The molecular formula is C21H29N3O3S. The number of esters is 1. The van der Waals surface area contributed by atoms with Gasteiger partial charge < -0.3 is 10.1 Å². The van der Waals surface area contributed by atoms with Gasteiger partial charge in [0, 0.05) is 5.92 Å². The molecule has 1 atom stereocenters. The van der Waals surface area contributed by atoms with Crippen molar-refractivity contribution in [2.24, 2.45) is 5.92 Å². The summed E-state index contributed by atoms with van der Waals surface area (Å²) in [6.45, 7) is 6.09. The molecule has 1 aromatic heterocycles. The largest absolute Gasteiger partial charge is 0.467 e. The summed E-state index contributed by atoms with van der Waals surface area (Å²) in [6, 6.07) is 7.67. The van der Waals surface area contributed by atoms with Gasteiger partial charge >= 0.3 is 5.97 Å². The fourth-order valence-electron chi connectivity index (χ4n) is 3.67. The number of aromatic nitrogens is 1. The van der Waals surface area contributed by atoms with Crippen molar-refractivity contribution in [3.05, 3.63) is 29.3 Å². The van der Waals surface area contributed by atoms with Crippen LogP contribution in [0.1, 0.15) is 44.0 Å². The van der Waals surface area contributed by atoms with Crippen LogP contribution in [0.5, 0.6) is 0 Å².